The Hall–Kier alpha value is -3.00. The molecule has 44 heavy (non-hydrogen) atoms. The average molecular weight is 621 g/mol. The Balaban J connectivity index is 1.36. The lowest BCUT2D eigenvalue weighted by molar-refractivity contribution is -0.140. The lowest BCUT2D eigenvalue weighted by atomic mass is 9.89. The van der Waals surface area contributed by atoms with Gasteiger partial charge in [0.15, 0.2) is 0 Å². The summed E-state index contributed by atoms with van der Waals surface area (Å²) in [5.41, 5.74) is 3.04. The van der Waals surface area contributed by atoms with Crippen LogP contribution in [-0.4, -0.2) is 64.7 Å². The van der Waals surface area contributed by atoms with Crippen LogP contribution in [0.3, 0.4) is 0 Å². The number of aryl methyl sites for hydroxylation is 1. The van der Waals surface area contributed by atoms with Crippen LogP contribution in [0.4, 0.5) is 4.79 Å². The van der Waals surface area contributed by atoms with E-state index in [1.807, 2.05) is 60.5 Å². The summed E-state index contributed by atoms with van der Waals surface area (Å²) in [5.74, 6) is -0.219. The van der Waals surface area contributed by atoms with E-state index in [4.69, 9.17) is 4.74 Å². The molecular formula is C36H48N2O5S. The summed E-state index contributed by atoms with van der Waals surface area (Å²) in [6.07, 6.45) is 14.3. The third-order valence-electron chi connectivity index (χ3n) is 9.91. The number of aliphatic carboxylic acids is 1. The van der Waals surface area contributed by atoms with Gasteiger partial charge < -0.3 is 20.1 Å². The van der Waals surface area contributed by atoms with E-state index in [2.05, 4.69) is 5.32 Å². The molecule has 3 aliphatic rings. The molecule has 7 nitrogen and oxygen atoms in total. The summed E-state index contributed by atoms with van der Waals surface area (Å²) in [4.78, 5) is 41.3. The summed E-state index contributed by atoms with van der Waals surface area (Å²) >= 11 is 1.60. The molecule has 0 radical (unpaired) electrons. The molecule has 0 saturated heterocycles. The van der Waals surface area contributed by atoms with E-state index in [0.717, 1.165) is 67.3 Å². The summed E-state index contributed by atoms with van der Waals surface area (Å²) < 4.78 is 6.02. The Morgan fingerprint density at radius 2 is 1.68 bits per heavy atom. The van der Waals surface area contributed by atoms with Gasteiger partial charge in [0.2, 0.25) is 0 Å². The van der Waals surface area contributed by atoms with Gasteiger partial charge in [-0.05, 0) is 105 Å². The first-order valence-electron chi connectivity index (χ1n) is 16.5. The Bertz CT molecular complexity index is 1320. The fraction of sp³-hybridized carbons (Fsp3) is 0.583. The predicted octanol–water partition coefficient (Wildman–Crippen LogP) is 7.49. The van der Waals surface area contributed by atoms with E-state index in [9.17, 15) is 19.5 Å². The Labute approximate surface area is 266 Å². The molecule has 0 bridgehead atoms. The number of nitrogens with zero attached hydrogens (tertiary/aromatic N) is 1. The van der Waals surface area contributed by atoms with Gasteiger partial charge in [-0.1, -0.05) is 62.1 Å². The maximum atomic E-state index is 13.7. The molecule has 3 saturated carbocycles. The molecule has 2 unspecified atom stereocenters. The Morgan fingerprint density at radius 1 is 0.977 bits per heavy atom. The van der Waals surface area contributed by atoms with Crippen molar-refractivity contribution in [1.29, 1.82) is 0 Å². The minimum absolute atomic E-state index is 0.0200. The molecule has 0 aromatic heterocycles. The monoisotopic (exact) mass is 620 g/mol. The highest BCUT2D eigenvalue weighted by Crippen LogP contribution is 2.46. The van der Waals surface area contributed by atoms with Crippen LogP contribution in [0.1, 0.15) is 92.1 Å². The number of carboxylic acids is 1. The van der Waals surface area contributed by atoms with E-state index in [0.29, 0.717) is 36.6 Å². The standard InChI is InChI=1S/C36H48N2O5S/c1-25-11-9-10-16-30(25)32-21-26(17-18-31(32)33(39)37-36(34(40)41)22-28(36)24-44-2)19-20-38(23-27-12-5-3-6-13-27)35(42)43-29-14-7-4-8-15-29/h9-11,16-18,21,27-29H,3-8,12-15,19-20,22-24H2,1-2H3,(H,37,39)(H,40,41). The number of carboxylic acid groups (broad SMARTS) is 1. The number of ether oxygens (including phenoxy) is 1. The first kappa shape index (κ1) is 32.4. The highest BCUT2D eigenvalue weighted by Gasteiger charge is 2.61. The van der Waals surface area contributed by atoms with Crippen molar-refractivity contribution >= 4 is 29.7 Å². The van der Waals surface area contributed by atoms with Crippen LogP contribution in [0.15, 0.2) is 42.5 Å². The topological polar surface area (TPSA) is 95.9 Å². The van der Waals surface area contributed by atoms with Gasteiger partial charge >= 0.3 is 12.1 Å². The Kier molecular flexibility index (Phi) is 10.9. The second-order valence-corrected chi connectivity index (χ2v) is 14.0. The predicted molar refractivity (Wildman–Crippen MR) is 176 cm³/mol. The van der Waals surface area contributed by atoms with Gasteiger partial charge in [-0.3, -0.25) is 4.79 Å². The molecule has 3 aliphatic carbocycles. The number of thioether (sulfide) groups is 1. The van der Waals surface area contributed by atoms with Crippen LogP contribution < -0.4 is 5.32 Å². The first-order chi connectivity index (χ1) is 21.3. The molecule has 2 N–H and O–H groups in total. The molecule has 2 amide bonds. The quantitative estimate of drug-likeness (QED) is 0.255. The fourth-order valence-corrected chi connectivity index (χ4v) is 7.92. The van der Waals surface area contributed by atoms with E-state index < -0.39 is 11.5 Å². The third-order valence-corrected chi connectivity index (χ3v) is 10.6. The number of nitrogens with one attached hydrogen (secondary N) is 1. The maximum absolute atomic E-state index is 13.7. The SMILES string of the molecule is CSCC1CC1(NC(=O)c1ccc(CCN(CC2CCCCC2)C(=O)OC2CCCCC2)cc1-c1ccccc1C)C(=O)O. The molecule has 8 heteroatoms. The summed E-state index contributed by atoms with van der Waals surface area (Å²) in [6, 6.07) is 13.8. The van der Waals surface area contributed by atoms with Crippen LogP contribution in [0.2, 0.25) is 0 Å². The van der Waals surface area contributed by atoms with Gasteiger partial charge in [0.25, 0.3) is 5.91 Å². The largest absolute Gasteiger partial charge is 0.479 e. The first-order valence-corrected chi connectivity index (χ1v) is 17.9. The average Bonchev–Trinajstić information content (AvgIpc) is 3.73. The molecule has 3 fully saturated rings. The van der Waals surface area contributed by atoms with Crippen LogP contribution >= 0.6 is 11.8 Å². The van der Waals surface area contributed by atoms with Crippen molar-refractivity contribution < 1.29 is 24.2 Å². The lowest BCUT2D eigenvalue weighted by Gasteiger charge is -2.31. The zero-order valence-corrected chi connectivity index (χ0v) is 27.1. The van der Waals surface area contributed by atoms with Gasteiger partial charge in [-0.15, -0.1) is 0 Å². The van der Waals surface area contributed by atoms with Crippen molar-refractivity contribution in [1.82, 2.24) is 10.2 Å². The van der Waals surface area contributed by atoms with Crippen molar-refractivity contribution in [2.75, 3.05) is 25.1 Å². The van der Waals surface area contributed by atoms with Gasteiger partial charge in [-0.2, -0.15) is 11.8 Å². The van der Waals surface area contributed by atoms with Crippen molar-refractivity contribution in [2.24, 2.45) is 11.8 Å². The van der Waals surface area contributed by atoms with Crippen molar-refractivity contribution in [2.45, 2.75) is 95.6 Å². The minimum atomic E-state index is -1.21. The second kappa shape index (κ2) is 14.9. The van der Waals surface area contributed by atoms with Crippen LogP contribution in [0.25, 0.3) is 11.1 Å². The van der Waals surface area contributed by atoms with Gasteiger partial charge in [0.1, 0.15) is 11.6 Å². The van der Waals surface area contributed by atoms with E-state index in [1.54, 1.807) is 11.8 Å². The maximum Gasteiger partial charge on any atom is 0.410 e. The molecule has 0 aliphatic heterocycles. The second-order valence-electron chi connectivity index (χ2n) is 13.1. The summed E-state index contributed by atoms with van der Waals surface area (Å²) in [5, 5.41) is 12.9. The van der Waals surface area contributed by atoms with Crippen LogP contribution in [0, 0.1) is 18.8 Å². The number of benzene rings is 2. The summed E-state index contributed by atoms with van der Waals surface area (Å²) in [7, 11) is 0. The fourth-order valence-electron chi connectivity index (χ4n) is 7.12. The number of hydrogen-bond donors (Lipinski definition) is 2. The zero-order valence-electron chi connectivity index (χ0n) is 26.3. The molecule has 238 valence electrons. The van der Waals surface area contributed by atoms with Crippen LogP contribution in [-0.2, 0) is 16.0 Å². The molecule has 2 aromatic carbocycles. The van der Waals surface area contributed by atoms with Crippen molar-refractivity contribution in [3.8, 4) is 11.1 Å². The molecule has 0 spiro atoms. The zero-order chi connectivity index (χ0) is 31.1. The normalized spacial score (nSPS) is 22.3. The summed E-state index contributed by atoms with van der Waals surface area (Å²) in [6.45, 7) is 3.30. The highest BCUT2D eigenvalue weighted by atomic mass is 32.2. The van der Waals surface area contributed by atoms with Gasteiger partial charge in [0.05, 0.1) is 0 Å². The van der Waals surface area contributed by atoms with Gasteiger partial charge in [0, 0.05) is 24.6 Å². The molecule has 2 atom stereocenters. The number of amides is 2. The molecule has 0 heterocycles. The highest BCUT2D eigenvalue weighted by molar-refractivity contribution is 7.98. The number of rotatable bonds is 12. The Morgan fingerprint density at radius 3 is 2.36 bits per heavy atom. The number of carbonyl (C=O) groups is 3. The number of carbonyl (C=O) groups excluding carboxylic acids is 2. The molecular weight excluding hydrogens is 572 g/mol. The van der Waals surface area contributed by atoms with Crippen molar-refractivity contribution in [3.63, 3.8) is 0 Å². The molecule has 2 aromatic rings. The smallest absolute Gasteiger partial charge is 0.410 e. The van der Waals surface area contributed by atoms with Crippen LogP contribution in [0.5, 0.6) is 0 Å². The minimum Gasteiger partial charge on any atom is -0.479 e. The third kappa shape index (κ3) is 7.79. The van der Waals surface area contributed by atoms with E-state index in [1.165, 1.54) is 25.7 Å². The number of hydrogen-bond acceptors (Lipinski definition) is 5. The van der Waals surface area contributed by atoms with E-state index in [-0.39, 0.29) is 24.0 Å². The molecule has 5 rings (SSSR count). The lowest BCUT2D eigenvalue weighted by Crippen LogP contribution is -2.45. The van der Waals surface area contributed by atoms with E-state index >= 15 is 0 Å². The van der Waals surface area contributed by atoms with Gasteiger partial charge in [-0.25, -0.2) is 9.59 Å². The van der Waals surface area contributed by atoms with Crippen molar-refractivity contribution in [3.05, 3.63) is 59.2 Å².